The first-order chi connectivity index (χ1) is 21.1. The number of anilines is 1. The van der Waals surface area contributed by atoms with E-state index in [1.54, 1.807) is 37.4 Å². The largest absolute Gasteiger partial charge is 0.489 e. The van der Waals surface area contributed by atoms with Crippen molar-refractivity contribution < 1.29 is 37.4 Å². The Morgan fingerprint density at radius 3 is 2.48 bits per heavy atom. The summed E-state index contributed by atoms with van der Waals surface area (Å²) in [5, 5.41) is 0. The molecule has 9 nitrogen and oxygen atoms in total. The molecule has 0 N–H and O–H groups in total. The maximum absolute atomic E-state index is 13.2. The Kier molecular flexibility index (Phi) is 9.41. The molecule has 1 saturated carbocycles. The van der Waals surface area contributed by atoms with E-state index < -0.39 is 18.6 Å². The van der Waals surface area contributed by atoms with Crippen molar-refractivity contribution in [2.45, 2.75) is 58.3 Å². The van der Waals surface area contributed by atoms with E-state index in [9.17, 15) is 23.2 Å². The van der Waals surface area contributed by atoms with Crippen LogP contribution in [0.3, 0.4) is 0 Å². The molecule has 1 aromatic heterocycles. The van der Waals surface area contributed by atoms with E-state index in [1.807, 2.05) is 31.2 Å². The lowest BCUT2D eigenvalue weighted by molar-refractivity contribution is -0.154. The molecule has 3 aromatic rings. The zero-order valence-corrected chi connectivity index (χ0v) is 24.9. The molecule has 0 bridgehead atoms. The van der Waals surface area contributed by atoms with Gasteiger partial charge in [0.05, 0.1) is 12.3 Å². The topological polar surface area (TPSA) is 98.3 Å². The number of carbonyl (C=O) groups is 3. The summed E-state index contributed by atoms with van der Waals surface area (Å²) >= 11 is 0. The van der Waals surface area contributed by atoms with Gasteiger partial charge < -0.3 is 24.0 Å². The molecule has 0 spiro atoms. The summed E-state index contributed by atoms with van der Waals surface area (Å²) in [5.74, 6) is -0.892. The number of amides is 2. The third-order valence-corrected chi connectivity index (χ3v) is 7.92. The van der Waals surface area contributed by atoms with Gasteiger partial charge in [-0.1, -0.05) is 29.8 Å². The van der Waals surface area contributed by atoms with Gasteiger partial charge in [0.25, 0.3) is 5.91 Å². The minimum atomic E-state index is -3.00. The minimum Gasteiger partial charge on any atom is -0.489 e. The fourth-order valence-electron chi connectivity index (χ4n) is 5.20. The predicted molar refractivity (Wildman–Crippen MR) is 158 cm³/mol. The number of carbonyl (C=O) groups excluding carboxylic acids is 3. The quantitative estimate of drug-likeness (QED) is 0.265. The van der Waals surface area contributed by atoms with E-state index >= 15 is 0 Å². The number of benzene rings is 2. The molecule has 0 unspecified atom stereocenters. The molecule has 2 aromatic carbocycles. The van der Waals surface area contributed by atoms with Crippen LogP contribution < -0.4 is 14.4 Å². The van der Waals surface area contributed by atoms with Crippen LogP contribution in [0.4, 0.5) is 14.5 Å². The molecule has 2 amide bonds. The van der Waals surface area contributed by atoms with Crippen molar-refractivity contribution in [3.05, 3.63) is 83.2 Å². The van der Waals surface area contributed by atoms with Crippen molar-refractivity contribution in [1.82, 2.24) is 9.88 Å². The molecule has 2 atom stereocenters. The molecule has 232 valence electrons. The summed E-state index contributed by atoms with van der Waals surface area (Å²) in [4.78, 5) is 46.1. The van der Waals surface area contributed by atoms with Gasteiger partial charge in [-0.25, -0.2) is 9.78 Å². The fourth-order valence-corrected chi connectivity index (χ4v) is 5.20. The first-order valence-corrected chi connectivity index (χ1v) is 14.5. The summed E-state index contributed by atoms with van der Waals surface area (Å²) in [6.45, 7) is 0.829. The average molecular weight is 608 g/mol. The van der Waals surface area contributed by atoms with Gasteiger partial charge in [-0.2, -0.15) is 8.78 Å². The SMILES string of the molecule is CC(=O)N1C[C@H](c2ccc(OC(F)F)c(OCC3CC3)c2)C[C@H]1C(=O)OCc1cccc(C(=O)N(C)c2ccc(C)cc2)n1. The molecule has 44 heavy (non-hydrogen) atoms. The average Bonchev–Trinajstić information content (AvgIpc) is 3.73. The number of likely N-dealkylation sites (tertiary alicyclic amines) is 1. The lowest BCUT2D eigenvalue weighted by atomic mass is 9.96. The van der Waals surface area contributed by atoms with Crippen LogP contribution in [0, 0.1) is 12.8 Å². The van der Waals surface area contributed by atoms with Crippen molar-refractivity contribution in [1.29, 1.82) is 0 Å². The van der Waals surface area contributed by atoms with Crippen LogP contribution in [-0.2, 0) is 20.9 Å². The fraction of sp³-hybridized carbons (Fsp3) is 0.394. The molecule has 2 aliphatic rings. The van der Waals surface area contributed by atoms with Crippen molar-refractivity contribution in [2.75, 3.05) is 25.1 Å². The van der Waals surface area contributed by atoms with Crippen molar-refractivity contribution in [3.8, 4) is 11.5 Å². The van der Waals surface area contributed by atoms with E-state index in [4.69, 9.17) is 9.47 Å². The van der Waals surface area contributed by atoms with Gasteiger partial charge in [0.1, 0.15) is 18.3 Å². The predicted octanol–water partition coefficient (Wildman–Crippen LogP) is 5.50. The van der Waals surface area contributed by atoms with Crippen LogP contribution >= 0.6 is 0 Å². The van der Waals surface area contributed by atoms with Gasteiger partial charge >= 0.3 is 12.6 Å². The Morgan fingerprint density at radius 1 is 1.05 bits per heavy atom. The minimum absolute atomic E-state index is 0.0555. The molecule has 1 aliphatic heterocycles. The Balaban J connectivity index is 1.25. The molecule has 2 fully saturated rings. The monoisotopic (exact) mass is 607 g/mol. The molecular weight excluding hydrogens is 572 g/mol. The van der Waals surface area contributed by atoms with Gasteiger partial charge in [0, 0.05) is 32.1 Å². The van der Waals surface area contributed by atoms with Crippen LogP contribution in [0.2, 0.25) is 0 Å². The summed E-state index contributed by atoms with van der Waals surface area (Å²) < 4.78 is 42.0. The Bertz CT molecular complexity index is 1510. The van der Waals surface area contributed by atoms with Crippen LogP contribution in [0.15, 0.2) is 60.7 Å². The third kappa shape index (κ3) is 7.50. The van der Waals surface area contributed by atoms with Gasteiger partial charge in [-0.05, 0) is 74.1 Å². The van der Waals surface area contributed by atoms with Crippen molar-refractivity contribution in [2.24, 2.45) is 5.92 Å². The number of ether oxygens (including phenoxy) is 3. The number of nitrogens with zero attached hydrogens (tertiary/aromatic N) is 3. The molecular formula is C33H35F2N3O6. The lowest BCUT2D eigenvalue weighted by Gasteiger charge is -2.21. The highest BCUT2D eigenvalue weighted by Gasteiger charge is 2.40. The highest BCUT2D eigenvalue weighted by Crippen LogP contribution is 2.39. The van der Waals surface area contributed by atoms with Crippen LogP contribution in [0.1, 0.15) is 59.4 Å². The number of aryl methyl sites for hydroxylation is 1. The maximum atomic E-state index is 13.2. The normalized spacial score (nSPS) is 17.8. The number of esters is 1. The van der Waals surface area contributed by atoms with E-state index in [0.29, 0.717) is 18.2 Å². The number of halogens is 2. The van der Waals surface area contributed by atoms with E-state index in [2.05, 4.69) is 9.72 Å². The molecule has 5 rings (SSSR count). The smallest absolute Gasteiger partial charge is 0.387 e. The van der Waals surface area contributed by atoms with E-state index in [1.165, 1.54) is 22.8 Å². The second kappa shape index (κ2) is 13.4. The molecule has 0 radical (unpaired) electrons. The van der Waals surface area contributed by atoms with Gasteiger partial charge in [-0.3, -0.25) is 9.59 Å². The van der Waals surface area contributed by atoms with Crippen LogP contribution in [0.25, 0.3) is 0 Å². The zero-order chi connectivity index (χ0) is 31.4. The number of alkyl halides is 2. The number of pyridine rings is 1. The highest BCUT2D eigenvalue weighted by atomic mass is 19.3. The summed E-state index contributed by atoms with van der Waals surface area (Å²) in [6, 6.07) is 16.3. The Hall–Kier alpha value is -4.54. The highest BCUT2D eigenvalue weighted by molar-refractivity contribution is 6.04. The number of aromatic nitrogens is 1. The zero-order valence-electron chi connectivity index (χ0n) is 24.9. The van der Waals surface area contributed by atoms with Crippen LogP contribution in [-0.4, -0.2) is 60.5 Å². The summed E-state index contributed by atoms with van der Waals surface area (Å²) in [6.07, 6.45) is 2.35. The van der Waals surface area contributed by atoms with E-state index in [0.717, 1.165) is 29.7 Å². The van der Waals surface area contributed by atoms with Gasteiger partial charge in [0.15, 0.2) is 11.5 Å². The standard InChI is InChI=1S/C33H35F2N3O6/c1-20-7-12-26(13-8-20)37(3)31(40)27-6-4-5-25(36-27)19-43-32(41)28-15-24(17-38(28)21(2)39)23-11-14-29(44-33(34)35)30(16-23)42-18-22-9-10-22/h4-8,11-14,16,22,24,28,33H,9-10,15,17-19H2,1-3H3/t24-,28+/m1/s1. The van der Waals surface area contributed by atoms with Crippen molar-refractivity contribution in [3.63, 3.8) is 0 Å². The number of rotatable bonds is 11. The summed E-state index contributed by atoms with van der Waals surface area (Å²) in [7, 11) is 1.66. The second-order valence-corrected chi connectivity index (χ2v) is 11.3. The van der Waals surface area contributed by atoms with Gasteiger partial charge in [0.2, 0.25) is 5.91 Å². The van der Waals surface area contributed by atoms with E-state index in [-0.39, 0.29) is 54.5 Å². The lowest BCUT2D eigenvalue weighted by Crippen LogP contribution is -2.40. The molecule has 2 heterocycles. The Morgan fingerprint density at radius 2 is 1.80 bits per heavy atom. The second-order valence-electron chi connectivity index (χ2n) is 11.3. The number of hydrogen-bond acceptors (Lipinski definition) is 7. The first-order valence-electron chi connectivity index (χ1n) is 14.5. The van der Waals surface area contributed by atoms with Gasteiger partial charge in [-0.15, -0.1) is 0 Å². The maximum Gasteiger partial charge on any atom is 0.387 e. The first kappa shape index (κ1) is 30.9. The third-order valence-electron chi connectivity index (χ3n) is 7.92. The molecule has 1 saturated heterocycles. The molecule has 1 aliphatic carbocycles. The van der Waals surface area contributed by atoms with Crippen molar-refractivity contribution >= 4 is 23.5 Å². The number of hydrogen-bond donors (Lipinski definition) is 0. The van der Waals surface area contributed by atoms with Crippen LogP contribution in [0.5, 0.6) is 11.5 Å². The Labute approximate surface area is 254 Å². The molecule has 11 heteroatoms. The summed E-state index contributed by atoms with van der Waals surface area (Å²) in [5.41, 5.74) is 3.12.